The van der Waals surface area contributed by atoms with Gasteiger partial charge in [-0.2, -0.15) is 0 Å². The van der Waals surface area contributed by atoms with Crippen molar-refractivity contribution in [2.45, 2.75) is 18.9 Å². The largest absolute Gasteiger partial charge is 0.496 e. The van der Waals surface area contributed by atoms with Crippen LogP contribution in [0.4, 0.5) is 0 Å². The van der Waals surface area contributed by atoms with Crippen LogP contribution in [0.1, 0.15) is 24.5 Å². The van der Waals surface area contributed by atoms with Gasteiger partial charge >= 0.3 is 5.97 Å². The van der Waals surface area contributed by atoms with Crippen LogP contribution >= 0.6 is 15.9 Å². The zero-order valence-corrected chi connectivity index (χ0v) is 9.91. The van der Waals surface area contributed by atoms with Gasteiger partial charge in [0.1, 0.15) is 11.9 Å². The molecule has 0 saturated carbocycles. The summed E-state index contributed by atoms with van der Waals surface area (Å²) in [6.45, 7) is 0. The first-order valence-electron chi connectivity index (χ1n) is 4.73. The van der Waals surface area contributed by atoms with Crippen LogP contribution in [-0.2, 0) is 9.53 Å². The molecular weight excluding hydrogens is 260 g/mol. The fourth-order valence-corrected chi connectivity index (χ4v) is 2.20. The van der Waals surface area contributed by atoms with E-state index >= 15 is 0 Å². The second-order valence-electron chi connectivity index (χ2n) is 3.41. The molecule has 1 heterocycles. The van der Waals surface area contributed by atoms with Crippen molar-refractivity contribution < 1.29 is 14.3 Å². The average Bonchev–Trinajstić information content (AvgIpc) is 2.65. The van der Waals surface area contributed by atoms with Crippen molar-refractivity contribution in [3.05, 3.63) is 28.2 Å². The molecule has 1 fully saturated rings. The molecule has 15 heavy (non-hydrogen) atoms. The van der Waals surface area contributed by atoms with Crippen molar-refractivity contribution in [2.24, 2.45) is 0 Å². The molecule has 0 N–H and O–H groups in total. The van der Waals surface area contributed by atoms with Gasteiger partial charge in [-0.1, -0.05) is 6.07 Å². The third-order valence-corrected chi connectivity index (χ3v) is 3.05. The second kappa shape index (κ2) is 4.23. The summed E-state index contributed by atoms with van der Waals surface area (Å²) in [7, 11) is 1.62. The third-order valence-electron chi connectivity index (χ3n) is 2.43. The van der Waals surface area contributed by atoms with Crippen molar-refractivity contribution in [1.82, 2.24) is 0 Å². The summed E-state index contributed by atoms with van der Waals surface area (Å²) in [5.41, 5.74) is 1.01. The lowest BCUT2D eigenvalue weighted by Gasteiger charge is -2.11. The van der Waals surface area contributed by atoms with E-state index in [1.165, 1.54) is 0 Å². The summed E-state index contributed by atoms with van der Waals surface area (Å²) in [6.07, 6.45) is 1.17. The molecule has 1 aromatic carbocycles. The lowest BCUT2D eigenvalue weighted by atomic mass is 10.1. The summed E-state index contributed by atoms with van der Waals surface area (Å²) in [6, 6.07) is 5.72. The SMILES string of the molecule is COc1ccc(C2CCC(=O)O2)cc1Br. The quantitative estimate of drug-likeness (QED) is 0.776. The fourth-order valence-electron chi connectivity index (χ4n) is 1.64. The van der Waals surface area contributed by atoms with Crippen molar-refractivity contribution in [1.29, 1.82) is 0 Å². The van der Waals surface area contributed by atoms with Gasteiger partial charge in [-0.15, -0.1) is 0 Å². The number of hydrogen-bond acceptors (Lipinski definition) is 3. The molecule has 0 amide bonds. The summed E-state index contributed by atoms with van der Waals surface area (Å²) >= 11 is 3.40. The lowest BCUT2D eigenvalue weighted by Crippen LogP contribution is -1.98. The molecule has 1 aliphatic rings. The first-order chi connectivity index (χ1) is 7.20. The highest BCUT2D eigenvalue weighted by molar-refractivity contribution is 9.10. The molecule has 1 unspecified atom stereocenters. The number of ether oxygens (including phenoxy) is 2. The Kier molecular flexibility index (Phi) is 2.95. The van der Waals surface area contributed by atoms with Crippen molar-refractivity contribution >= 4 is 21.9 Å². The van der Waals surface area contributed by atoms with Crippen LogP contribution in [-0.4, -0.2) is 13.1 Å². The predicted molar refractivity (Wildman–Crippen MR) is 58.8 cm³/mol. The summed E-state index contributed by atoms with van der Waals surface area (Å²) in [5, 5.41) is 0. The smallest absolute Gasteiger partial charge is 0.306 e. The molecule has 0 bridgehead atoms. The van der Waals surface area contributed by atoms with Gasteiger partial charge in [-0.3, -0.25) is 4.79 Å². The molecule has 1 saturated heterocycles. The van der Waals surface area contributed by atoms with E-state index in [9.17, 15) is 4.79 Å². The number of hydrogen-bond donors (Lipinski definition) is 0. The Morgan fingerprint density at radius 3 is 2.87 bits per heavy atom. The van der Waals surface area contributed by atoms with E-state index in [-0.39, 0.29) is 12.1 Å². The molecule has 0 radical (unpaired) electrons. The number of benzene rings is 1. The average molecular weight is 271 g/mol. The number of rotatable bonds is 2. The van der Waals surface area contributed by atoms with Crippen LogP contribution in [0, 0.1) is 0 Å². The molecule has 80 valence electrons. The maximum atomic E-state index is 11.0. The molecule has 0 spiro atoms. The predicted octanol–water partition coefficient (Wildman–Crippen LogP) is 2.84. The molecule has 1 aromatic rings. The zero-order valence-electron chi connectivity index (χ0n) is 8.33. The standard InChI is InChI=1S/C11H11BrO3/c1-14-10-3-2-7(6-8(10)12)9-4-5-11(13)15-9/h2-3,6,9H,4-5H2,1H3. The highest BCUT2D eigenvalue weighted by Crippen LogP contribution is 2.34. The van der Waals surface area contributed by atoms with E-state index in [1.807, 2.05) is 18.2 Å². The van der Waals surface area contributed by atoms with Gasteiger partial charge in [0.15, 0.2) is 0 Å². The van der Waals surface area contributed by atoms with Gasteiger partial charge in [0.25, 0.3) is 0 Å². The number of cyclic esters (lactones) is 1. The minimum Gasteiger partial charge on any atom is -0.496 e. The highest BCUT2D eigenvalue weighted by atomic mass is 79.9. The van der Waals surface area contributed by atoms with Crippen LogP contribution in [0.25, 0.3) is 0 Å². The Labute approximate surface area is 96.5 Å². The first-order valence-corrected chi connectivity index (χ1v) is 5.53. The van der Waals surface area contributed by atoms with E-state index in [2.05, 4.69) is 15.9 Å². The third kappa shape index (κ3) is 2.15. The van der Waals surface area contributed by atoms with Crippen LogP contribution in [0.15, 0.2) is 22.7 Å². The van der Waals surface area contributed by atoms with E-state index in [0.29, 0.717) is 6.42 Å². The van der Waals surface area contributed by atoms with Gasteiger partial charge in [0.2, 0.25) is 0 Å². The Morgan fingerprint density at radius 2 is 2.33 bits per heavy atom. The zero-order chi connectivity index (χ0) is 10.8. The van der Waals surface area contributed by atoms with E-state index in [4.69, 9.17) is 9.47 Å². The molecule has 0 aliphatic carbocycles. The minimum absolute atomic E-state index is 0.0975. The Hall–Kier alpha value is -1.03. The lowest BCUT2D eigenvalue weighted by molar-refractivity contribution is -0.141. The van der Waals surface area contributed by atoms with Crippen molar-refractivity contribution in [3.8, 4) is 5.75 Å². The van der Waals surface area contributed by atoms with Gasteiger partial charge < -0.3 is 9.47 Å². The van der Waals surface area contributed by atoms with Gasteiger partial charge in [-0.05, 0) is 40.0 Å². The Morgan fingerprint density at radius 1 is 1.53 bits per heavy atom. The van der Waals surface area contributed by atoms with Gasteiger partial charge in [-0.25, -0.2) is 0 Å². The molecular formula is C11H11BrO3. The van der Waals surface area contributed by atoms with Crippen LogP contribution in [0.2, 0.25) is 0 Å². The van der Waals surface area contributed by atoms with Gasteiger partial charge in [0.05, 0.1) is 11.6 Å². The Bertz CT molecular complexity index is 389. The highest BCUT2D eigenvalue weighted by Gasteiger charge is 2.25. The monoisotopic (exact) mass is 270 g/mol. The summed E-state index contributed by atoms with van der Waals surface area (Å²) < 4.78 is 11.2. The second-order valence-corrected chi connectivity index (χ2v) is 4.27. The maximum absolute atomic E-state index is 11.0. The summed E-state index contributed by atoms with van der Waals surface area (Å²) in [4.78, 5) is 11.0. The van der Waals surface area contributed by atoms with E-state index < -0.39 is 0 Å². The number of halogens is 1. The molecule has 3 nitrogen and oxygen atoms in total. The van der Waals surface area contributed by atoms with E-state index in [1.54, 1.807) is 7.11 Å². The first kappa shape index (κ1) is 10.5. The van der Waals surface area contributed by atoms with Crippen LogP contribution in [0.3, 0.4) is 0 Å². The fraction of sp³-hybridized carbons (Fsp3) is 0.364. The normalized spacial score (nSPS) is 20.1. The summed E-state index contributed by atoms with van der Waals surface area (Å²) in [5.74, 6) is 0.662. The maximum Gasteiger partial charge on any atom is 0.306 e. The number of carbonyl (C=O) groups is 1. The molecule has 2 rings (SSSR count). The van der Waals surface area contributed by atoms with Crippen LogP contribution < -0.4 is 4.74 Å². The van der Waals surface area contributed by atoms with Crippen molar-refractivity contribution in [2.75, 3.05) is 7.11 Å². The number of esters is 1. The molecule has 4 heteroatoms. The minimum atomic E-state index is -0.119. The van der Waals surface area contributed by atoms with Gasteiger partial charge in [0, 0.05) is 6.42 Å². The molecule has 1 atom stereocenters. The molecule has 0 aromatic heterocycles. The van der Waals surface area contributed by atoms with Crippen molar-refractivity contribution in [3.63, 3.8) is 0 Å². The number of carbonyl (C=O) groups excluding carboxylic acids is 1. The van der Waals surface area contributed by atoms with E-state index in [0.717, 1.165) is 22.2 Å². The number of methoxy groups -OCH3 is 1. The Balaban J connectivity index is 2.22. The topological polar surface area (TPSA) is 35.5 Å². The van der Waals surface area contributed by atoms with Crippen LogP contribution in [0.5, 0.6) is 5.75 Å². The molecule has 1 aliphatic heterocycles.